The van der Waals surface area contributed by atoms with E-state index in [9.17, 15) is 9.59 Å². The Morgan fingerprint density at radius 2 is 1.81 bits per heavy atom. The topological polar surface area (TPSA) is 85.6 Å². The molecule has 2 aromatic carbocycles. The molecule has 0 bridgehead atoms. The molecule has 0 aliphatic heterocycles. The smallest absolute Gasteiger partial charge is 0.330 e. The van der Waals surface area contributed by atoms with Crippen molar-refractivity contribution in [2.24, 2.45) is 5.73 Å². The van der Waals surface area contributed by atoms with Crippen molar-refractivity contribution in [2.75, 3.05) is 13.1 Å². The fourth-order valence-corrected chi connectivity index (χ4v) is 5.07. The summed E-state index contributed by atoms with van der Waals surface area (Å²) in [5, 5.41) is 4.46. The van der Waals surface area contributed by atoms with Crippen molar-refractivity contribution in [3.63, 3.8) is 0 Å². The second kappa shape index (κ2) is 11.5. The highest BCUT2D eigenvalue weighted by Gasteiger charge is 2.29. The second-order valence-electron chi connectivity index (χ2n) is 8.69. The zero-order chi connectivity index (χ0) is 25.8. The van der Waals surface area contributed by atoms with E-state index in [1.807, 2.05) is 79.4 Å². The average Bonchev–Trinajstić information content (AvgIpc) is 3.18. The van der Waals surface area contributed by atoms with E-state index >= 15 is 0 Å². The molecule has 0 aliphatic rings. The number of benzene rings is 2. The van der Waals surface area contributed by atoms with Crippen molar-refractivity contribution in [3.8, 4) is 0 Å². The van der Waals surface area contributed by atoms with Gasteiger partial charge in [0.05, 0.1) is 28.3 Å². The van der Waals surface area contributed by atoms with E-state index in [4.69, 9.17) is 5.73 Å². The lowest BCUT2D eigenvalue weighted by atomic mass is 10.0. The molecule has 1 amide bonds. The molecule has 4 aromatic rings. The summed E-state index contributed by atoms with van der Waals surface area (Å²) in [4.78, 5) is 29.4. The number of aryl methyl sites for hydroxylation is 1. The monoisotopic (exact) mass is 613 g/mol. The molecule has 1 unspecified atom stereocenters. The van der Waals surface area contributed by atoms with Crippen LogP contribution in [-0.2, 0) is 6.54 Å². The first-order chi connectivity index (χ1) is 17.3. The summed E-state index contributed by atoms with van der Waals surface area (Å²) < 4.78 is 4.84. The summed E-state index contributed by atoms with van der Waals surface area (Å²) in [7, 11) is 0. The van der Waals surface area contributed by atoms with Crippen molar-refractivity contribution in [1.29, 1.82) is 0 Å². The van der Waals surface area contributed by atoms with Gasteiger partial charge in [0, 0.05) is 22.3 Å². The van der Waals surface area contributed by atoms with E-state index in [1.165, 1.54) is 4.52 Å². The van der Waals surface area contributed by atoms with Crippen molar-refractivity contribution < 1.29 is 4.79 Å². The number of halogens is 2. The molecule has 0 spiro atoms. The third-order valence-corrected chi connectivity index (χ3v) is 7.78. The maximum atomic E-state index is 13.8. The molecule has 2 aromatic heterocycles. The van der Waals surface area contributed by atoms with Crippen LogP contribution in [0.1, 0.15) is 53.1 Å². The normalized spacial score (nSPS) is 12.1. The Hall–Kier alpha value is -2.75. The van der Waals surface area contributed by atoms with Crippen LogP contribution in [0.15, 0.2) is 74.4 Å². The van der Waals surface area contributed by atoms with Crippen LogP contribution in [0.2, 0.25) is 0 Å². The van der Waals surface area contributed by atoms with Gasteiger partial charge in [0.25, 0.3) is 5.91 Å². The number of fused-ring (bicyclic) bond motifs is 1. The number of amides is 1. The number of carbonyl (C=O) groups is 1. The maximum absolute atomic E-state index is 13.8. The van der Waals surface area contributed by atoms with Gasteiger partial charge in [-0.15, -0.1) is 0 Å². The van der Waals surface area contributed by atoms with Crippen LogP contribution in [0.4, 0.5) is 0 Å². The third-order valence-electron chi connectivity index (χ3n) is 6.27. The molecular weight excluding hydrogens is 586 g/mol. The lowest BCUT2D eigenvalue weighted by molar-refractivity contribution is 0.0660. The van der Waals surface area contributed by atoms with Gasteiger partial charge in [0.2, 0.25) is 0 Å². The van der Waals surface area contributed by atoms with Gasteiger partial charge in [-0.25, -0.2) is 4.79 Å². The fraction of sp³-hybridized carbons (Fsp3) is 0.296. The molecule has 2 N–H and O–H groups in total. The Morgan fingerprint density at radius 3 is 2.44 bits per heavy atom. The lowest BCUT2D eigenvalue weighted by Gasteiger charge is -2.33. The van der Waals surface area contributed by atoms with Gasteiger partial charge in [-0.05, 0) is 78.1 Å². The van der Waals surface area contributed by atoms with Crippen LogP contribution in [0.3, 0.4) is 0 Å². The number of aromatic nitrogens is 3. The molecular formula is C27H29Br2N5O2. The number of carbonyl (C=O) groups excluding carboxylic acids is 1. The van der Waals surface area contributed by atoms with Crippen LogP contribution in [0, 0.1) is 6.92 Å². The number of rotatable bonds is 9. The van der Waals surface area contributed by atoms with Crippen LogP contribution in [-0.4, -0.2) is 38.1 Å². The molecule has 36 heavy (non-hydrogen) atoms. The van der Waals surface area contributed by atoms with Crippen molar-refractivity contribution >= 4 is 43.3 Å². The highest BCUT2D eigenvalue weighted by atomic mass is 79.9. The Labute approximate surface area is 227 Å². The van der Waals surface area contributed by atoms with Crippen LogP contribution in [0.5, 0.6) is 0 Å². The summed E-state index contributed by atoms with van der Waals surface area (Å²) in [6.45, 7) is 5.21. The molecule has 0 aliphatic carbocycles. The minimum atomic E-state index is -0.337. The summed E-state index contributed by atoms with van der Waals surface area (Å²) in [6.07, 6.45) is 1.28. The average molecular weight is 615 g/mol. The second-order valence-corrected chi connectivity index (χ2v) is 10.4. The summed E-state index contributed by atoms with van der Waals surface area (Å²) in [5.41, 5.74) is 9.37. The Bertz CT molecular complexity index is 1410. The molecule has 7 nitrogen and oxygen atoms in total. The van der Waals surface area contributed by atoms with E-state index in [2.05, 4.69) is 37.0 Å². The largest absolute Gasteiger partial charge is 0.349 e. The highest BCUT2D eigenvalue weighted by molar-refractivity contribution is 9.11. The quantitative estimate of drug-likeness (QED) is 0.276. The Kier molecular flexibility index (Phi) is 8.43. The zero-order valence-corrected chi connectivity index (χ0v) is 23.5. The van der Waals surface area contributed by atoms with Gasteiger partial charge in [-0.2, -0.15) is 9.61 Å². The number of hydrogen-bond donors (Lipinski definition) is 1. The van der Waals surface area contributed by atoms with Crippen molar-refractivity contribution in [2.45, 2.75) is 39.3 Å². The molecule has 0 saturated heterocycles. The summed E-state index contributed by atoms with van der Waals surface area (Å²) in [6, 6.07) is 18.8. The highest BCUT2D eigenvalue weighted by Crippen LogP contribution is 2.30. The first-order valence-electron chi connectivity index (χ1n) is 11.9. The molecule has 2 heterocycles. The van der Waals surface area contributed by atoms with Crippen molar-refractivity contribution in [3.05, 3.63) is 103 Å². The molecule has 0 radical (unpaired) electrons. The molecule has 0 fully saturated rings. The van der Waals surface area contributed by atoms with E-state index in [0.29, 0.717) is 43.6 Å². The predicted octanol–water partition coefficient (Wildman–Crippen LogP) is 5.32. The standard InChI is InChI=1S/C27H29Br2N5O2/c1-3-22(32(15-7-14-30)26(35)20-10-12-21(28)13-11-20)23-16-24-25(29)18(2)31-34(24)27(36)33(23)17-19-8-5-4-6-9-19/h4-6,8-13,16,22H,3,7,14-15,17,30H2,1-2H3. The minimum absolute atomic E-state index is 0.0925. The third kappa shape index (κ3) is 5.33. The van der Waals surface area contributed by atoms with Gasteiger partial charge in [-0.3, -0.25) is 9.36 Å². The molecule has 188 valence electrons. The summed E-state index contributed by atoms with van der Waals surface area (Å²) in [5.74, 6) is -0.0925. The number of nitrogens with two attached hydrogens (primary N) is 1. The Morgan fingerprint density at radius 1 is 1.11 bits per heavy atom. The summed E-state index contributed by atoms with van der Waals surface area (Å²) >= 11 is 7.04. The van der Waals surface area contributed by atoms with E-state index in [-0.39, 0.29) is 17.6 Å². The van der Waals surface area contributed by atoms with Crippen LogP contribution >= 0.6 is 31.9 Å². The van der Waals surface area contributed by atoms with E-state index in [0.717, 1.165) is 25.9 Å². The lowest BCUT2D eigenvalue weighted by Crippen LogP contribution is -2.40. The van der Waals surface area contributed by atoms with E-state index in [1.54, 1.807) is 4.57 Å². The van der Waals surface area contributed by atoms with Crippen molar-refractivity contribution in [1.82, 2.24) is 19.1 Å². The molecule has 4 rings (SSSR count). The van der Waals surface area contributed by atoms with Gasteiger partial charge in [0.15, 0.2) is 0 Å². The fourth-order valence-electron chi connectivity index (χ4n) is 4.45. The Balaban J connectivity index is 1.90. The first kappa shape index (κ1) is 26.3. The van der Waals surface area contributed by atoms with Gasteiger partial charge >= 0.3 is 5.69 Å². The molecule has 0 saturated carbocycles. The SMILES string of the molecule is CCC(c1cc2c(Br)c(C)nn2c(=O)n1Cc1ccccc1)N(CCCN)C(=O)c1ccc(Br)cc1. The van der Waals surface area contributed by atoms with Gasteiger partial charge in [0.1, 0.15) is 0 Å². The van der Waals surface area contributed by atoms with Gasteiger partial charge in [-0.1, -0.05) is 53.2 Å². The first-order valence-corrected chi connectivity index (χ1v) is 13.5. The molecule has 9 heteroatoms. The van der Waals surface area contributed by atoms with E-state index < -0.39 is 0 Å². The maximum Gasteiger partial charge on any atom is 0.349 e. The van der Waals surface area contributed by atoms with Crippen LogP contribution < -0.4 is 11.4 Å². The zero-order valence-electron chi connectivity index (χ0n) is 20.3. The number of hydrogen-bond acceptors (Lipinski definition) is 4. The minimum Gasteiger partial charge on any atom is -0.330 e. The van der Waals surface area contributed by atoms with Crippen LogP contribution in [0.25, 0.3) is 5.52 Å². The molecule has 1 atom stereocenters. The van der Waals surface area contributed by atoms with Gasteiger partial charge < -0.3 is 10.6 Å². The predicted molar refractivity (Wildman–Crippen MR) is 149 cm³/mol. The number of nitrogens with zero attached hydrogens (tertiary/aromatic N) is 4.